The number of carbonyl (C=O) groups excluding carboxylic acids is 1. The molecular weight excluding hydrogens is 392 g/mol. The third kappa shape index (κ3) is 3.18. The van der Waals surface area contributed by atoms with Gasteiger partial charge in [-0.1, -0.05) is 0 Å². The minimum absolute atomic E-state index is 0.277. The molecule has 1 aromatic carbocycles. The highest BCUT2D eigenvalue weighted by Crippen LogP contribution is 2.36. The molecule has 1 saturated heterocycles. The first-order valence-electron chi connectivity index (χ1n) is 9.34. The van der Waals surface area contributed by atoms with Crippen LogP contribution in [0.15, 0.2) is 41.7 Å². The fourth-order valence-electron chi connectivity index (χ4n) is 3.71. The fraction of sp³-hybridized carbons (Fsp3) is 0.316. The van der Waals surface area contributed by atoms with Crippen molar-refractivity contribution in [1.82, 2.24) is 18.9 Å². The number of ether oxygens (including phenoxy) is 1. The Kier molecular flexibility index (Phi) is 4.53. The third-order valence-corrected chi connectivity index (χ3v) is 6.62. The molecule has 1 N–H and O–H groups in total. The molecule has 4 heterocycles. The summed E-state index contributed by atoms with van der Waals surface area (Å²) in [5.41, 5.74) is 3.41. The maximum atomic E-state index is 13.0. The normalized spacial score (nSPS) is 19.5. The SMILES string of the molecule is CN1Cc2cc(NC(=O)c3cnn4cccnc34)c(N3CCOCC3)cc2S1=O. The van der Waals surface area contributed by atoms with Gasteiger partial charge >= 0.3 is 0 Å². The first-order valence-corrected chi connectivity index (χ1v) is 10.4. The zero-order valence-corrected chi connectivity index (χ0v) is 16.7. The molecule has 1 amide bonds. The van der Waals surface area contributed by atoms with Crippen LogP contribution < -0.4 is 10.2 Å². The molecule has 0 aliphatic carbocycles. The van der Waals surface area contributed by atoms with Gasteiger partial charge < -0.3 is 15.0 Å². The Bertz CT molecular complexity index is 1120. The van der Waals surface area contributed by atoms with Crippen LogP contribution in [-0.4, -0.2) is 62.4 Å². The van der Waals surface area contributed by atoms with Crippen molar-refractivity contribution >= 4 is 33.9 Å². The Morgan fingerprint density at radius 2 is 2.10 bits per heavy atom. The molecule has 1 atom stereocenters. The predicted octanol–water partition coefficient (Wildman–Crippen LogP) is 1.29. The molecule has 29 heavy (non-hydrogen) atoms. The van der Waals surface area contributed by atoms with Crippen LogP contribution >= 0.6 is 0 Å². The lowest BCUT2D eigenvalue weighted by Gasteiger charge is -2.31. The van der Waals surface area contributed by atoms with Crippen molar-refractivity contribution in [2.45, 2.75) is 11.4 Å². The summed E-state index contributed by atoms with van der Waals surface area (Å²) in [4.78, 5) is 20.2. The summed E-state index contributed by atoms with van der Waals surface area (Å²) in [5, 5.41) is 7.22. The van der Waals surface area contributed by atoms with E-state index in [1.165, 1.54) is 6.20 Å². The average molecular weight is 412 g/mol. The fourth-order valence-corrected chi connectivity index (χ4v) is 4.86. The van der Waals surface area contributed by atoms with Crippen LogP contribution in [0.2, 0.25) is 0 Å². The first kappa shape index (κ1) is 18.2. The van der Waals surface area contributed by atoms with Crippen molar-refractivity contribution in [3.63, 3.8) is 0 Å². The number of fused-ring (bicyclic) bond motifs is 2. The molecule has 2 aromatic heterocycles. The maximum Gasteiger partial charge on any atom is 0.261 e. The van der Waals surface area contributed by atoms with Gasteiger partial charge in [-0.25, -0.2) is 18.0 Å². The van der Waals surface area contributed by atoms with Crippen LogP contribution in [0.4, 0.5) is 11.4 Å². The molecule has 0 bridgehead atoms. The summed E-state index contributed by atoms with van der Waals surface area (Å²) in [7, 11) is 0.640. The number of morpholine rings is 1. The zero-order chi connectivity index (χ0) is 20.0. The lowest BCUT2D eigenvalue weighted by atomic mass is 10.1. The standard InChI is InChI=1S/C19H20N6O3S/c1-23-12-13-9-15(16(10-17(13)29(23)27)24-5-7-28-8-6-24)22-19(26)14-11-21-25-4-2-3-20-18(14)25/h2-4,9-11H,5-8,12H2,1H3,(H,22,26). The molecule has 150 valence electrons. The van der Waals surface area contributed by atoms with Gasteiger partial charge in [-0.2, -0.15) is 5.10 Å². The van der Waals surface area contributed by atoms with Crippen LogP contribution in [0, 0.1) is 0 Å². The lowest BCUT2D eigenvalue weighted by Crippen LogP contribution is -2.37. The van der Waals surface area contributed by atoms with Gasteiger partial charge in [0.25, 0.3) is 5.91 Å². The largest absolute Gasteiger partial charge is 0.378 e. The number of hydrogen-bond acceptors (Lipinski definition) is 6. The number of carbonyl (C=O) groups is 1. The van der Waals surface area contributed by atoms with E-state index >= 15 is 0 Å². The van der Waals surface area contributed by atoms with Crippen LogP contribution in [0.5, 0.6) is 0 Å². The topological polar surface area (TPSA) is 92.1 Å². The van der Waals surface area contributed by atoms with Crippen molar-refractivity contribution < 1.29 is 13.7 Å². The summed E-state index contributed by atoms with van der Waals surface area (Å²) in [6, 6.07) is 5.62. The number of aromatic nitrogens is 3. The summed E-state index contributed by atoms with van der Waals surface area (Å²) < 4.78 is 21.4. The Balaban J connectivity index is 1.54. The molecular formula is C19H20N6O3S. The molecule has 3 aromatic rings. The number of hydrogen-bond donors (Lipinski definition) is 1. The predicted molar refractivity (Wildman–Crippen MR) is 108 cm³/mol. The monoisotopic (exact) mass is 412 g/mol. The molecule has 10 heteroatoms. The smallest absolute Gasteiger partial charge is 0.261 e. The molecule has 1 unspecified atom stereocenters. The van der Waals surface area contributed by atoms with Crippen LogP contribution in [0.25, 0.3) is 5.65 Å². The van der Waals surface area contributed by atoms with Crippen LogP contribution in [0.1, 0.15) is 15.9 Å². The molecule has 2 aliphatic rings. The maximum absolute atomic E-state index is 13.0. The Labute approximate surface area is 169 Å². The first-order chi connectivity index (χ1) is 14.1. The van der Waals surface area contributed by atoms with E-state index in [2.05, 4.69) is 20.3 Å². The summed E-state index contributed by atoms with van der Waals surface area (Å²) in [6.45, 7) is 3.23. The van der Waals surface area contributed by atoms with Crippen LogP contribution in [0.3, 0.4) is 0 Å². The van der Waals surface area contributed by atoms with Crippen molar-refractivity contribution in [2.75, 3.05) is 43.6 Å². The van der Waals surface area contributed by atoms with Gasteiger partial charge in [0.2, 0.25) is 0 Å². The van der Waals surface area contributed by atoms with E-state index in [4.69, 9.17) is 4.74 Å². The van der Waals surface area contributed by atoms with Gasteiger partial charge in [0.05, 0.1) is 35.7 Å². The van der Waals surface area contributed by atoms with Gasteiger partial charge in [-0.3, -0.25) is 4.79 Å². The van der Waals surface area contributed by atoms with Gasteiger partial charge in [-0.15, -0.1) is 0 Å². The molecule has 0 spiro atoms. The van der Waals surface area contributed by atoms with Gasteiger partial charge in [0.1, 0.15) is 16.5 Å². The van der Waals surface area contributed by atoms with E-state index in [0.717, 1.165) is 16.1 Å². The molecule has 0 radical (unpaired) electrons. The molecule has 1 fully saturated rings. The number of anilines is 2. The Morgan fingerprint density at radius 1 is 1.28 bits per heavy atom. The highest BCUT2D eigenvalue weighted by atomic mass is 32.2. The van der Waals surface area contributed by atoms with E-state index in [1.54, 1.807) is 27.3 Å². The van der Waals surface area contributed by atoms with Crippen molar-refractivity contribution in [3.8, 4) is 0 Å². The summed E-state index contributed by atoms with van der Waals surface area (Å²) in [6.07, 6.45) is 4.90. The number of nitrogens with zero attached hydrogens (tertiary/aromatic N) is 5. The third-order valence-electron chi connectivity index (χ3n) is 5.17. The minimum Gasteiger partial charge on any atom is -0.378 e. The van der Waals surface area contributed by atoms with Crippen molar-refractivity contribution in [2.24, 2.45) is 0 Å². The number of nitrogens with one attached hydrogen (secondary N) is 1. The second-order valence-electron chi connectivity index (χ2n) is 7.01. The quantitative estimate of drug-likeness (QED) is 0.697. The van der Waals surface area contributed by atoms with E-state index in [-0.39, 0.29) is 5.91 Å². The average Bonchev–Trinajstić information content (AvgIpc) is 3.29. The summed E-state index contributed by atoms with van der Waals surface area (Å²) >= 11 is 0. The van der Waals surface area contributed by atoms with E-state index < -0.39 is 11.0 Å². The van der Waals surface area contributed by atoms with Gasteiger partial charge in [0, 0.05) is 39.1 Å². The van der Waals surface area contributed by atoms with Gasteiger partial charge in [0.15, 0.2) is 5.65 Å². The second kappa shape index (κ2) is 7.21. The van der Waals surface area contributed by atoms with Gasteiger partial charge in [-0.05, 0) is 23.8 Å². The number of rotatable bonds is 3. The molecule has 0 saturated carbocycles. The Hall–Kier alpha value is -2.82. The summed E-state index contributed by atoms with van der Waals surface area (Å²) in [5.74, 6) is -0.277. The van der Waals surface area contributed by atoms with E-state index in [0.29, 0.717) is 49.7 Å². The molecule has 5 rings (SSSR count). The molecule has 9 nitrogen and oxygen atoms in total. The second-order valence-corrected chi connectivity index (χ2v) is 8.57. The van der Waals surface area contributed by atoms with E-state index in [9.17, 15) is 9.00 Å². The highest BCUT2D eigenvalue weighted by Gasteiger charge is 2.28. The highest BCUT2D eigenvalue weighted by molar-refractivity contribution is 7.83. The molecule has 2 aliphatic heterocycles. The van der Waals surface area contributed by atoms with Crippen molar-refractivity contribution in [3.05, 3.63) is 47.9 Å². The van der Waals surface area contributed by atoms with E-state index in [1.807, 2.05) is 19.2 Å². The van der Waals surface area contributed by atoms with Crippen molar-refractivity contribution in [1.29, 1.82) is 0 Å². The number of benzene rings is 1. The minimum atomic E-state index is -1.19. The lowest BCUT2D eigenvalue weighted by molar-refractivity contribution is 0.102. The zero-order valence-electron chi connectivity index (χ0n) is 15.9. The van der Waals surface area contributed by atoms with Crippen LogP contribution in [-0.2, 0) is 22.3 Å². The number of amides is 1. The Morgan fingerprint density at radius 3 is 2.93 bits per heavy atom.